The normalized spacial score (nSPS) is 15.8. The zero-order valence-electron chi connectivity index (χ0n) is 31.5. The van der Waals surface area contributed by atoms with Gasteiger partial charge in [0.2, 0.25) is 5.95 Å². The molecular formula is C37H58N10O4. The van der Waals surface area contributed by atoms with E-state index in [1.54, 1.807) is 9.58 Å². The van der Waals surface area contributed by atoms with Gasteiger partial charge in [-0.2, -0.15) is 4.98 Å². The largest absolute Gasteiger partial charge is 0.444 e. The molecule has 2 aromatic heterocycles. The van der Waals surface area contributed by atoms with Gasteiger partial charge in [0.1, 0.15) is 22.7 Å². The Bertz CT molecular complexity index is 1570. The van der Waals surface area contributed by atoms with Crippen molar-refractivity contribution < 1.29 is 19.1 Å². The van der Waals surface area contributed by atoms with Crippen molar-refractivity contribution in [3.05, 3.63) is 36.2 Å². The van der Waals surface area contributed by atoms with E-state index in [0.717, 1.165) is 74.3 Å². The minimum Gasteiger partial charge on any atom is -0.444 e. The number of para-hydroxylation sites is 1. The molecule has 5 rings (SSSR count). The maximum Gasteiger partial charge on any atom is 0.410 e. The predicted octanol–water partition coefficient (Wildman–Crippen LogP) is 5.83. The number of ether oxygens (including phenoxy) is 2. The number of rotatable bonds is 13. The SMILES string of the molecule is CC(C)(C)OC(=O)N(CCCN(C(=O)OC(C)(C)C)C1CCCCC1)CCCn1cc(CNc2nc(N3CCNCC3)c3ccccc3n2)nn1. The van der Waals surface area contributed by atoms with E-state index in [0.29, 0.717) is 51.5 Å². The van der Waals surface area contributed by atoms with Crippen LogP contribution in [0.5, 0.6) is 0 Å². The Morgan fingerprint density at radius 3 is 2.31 bits per heavy atom. The lowest BCUT2D eigenvalue weighted by molar-refractivity contribution is 0.00994. The number of nitrogens with zero attached hydrogens (tertiary/aromatic N) is 8. The molecule has 0 bridgehead atoms. The summed E-state index contributed by atoms with van der Waals surface area (Å²) in [6.45, 7) is 17.4. The van der Waals surface area contributed by atoms with Gasteiger partial charge < -0.3 is 34.8 Å². The van der Waals surface area contributed by atoms with Gasteiger partial charge in [-0.1, -0.05) is 36.6 Å². The Morgan fingerprint density at radius 2 is 1.59 bits per heavy atom. The number of fused-ring (bicyclic) bond motifs is 1. The molecule has 2 aliphatic rings. The number of benzene rings is 1. The average molecular weight is 707 g/mol. The molecule has 1 saturated carbocycles. The van der Waals surface area contributed by atoms with Gasteiger partial charge in [-0.25, -0.2) is 14.6 Å². The van der Waals surface area contributed by atoms with Gasteiger partial charge in [-0.15, -0.1) is 5.10 Å². The summed E-state index contributed by atoms with van der Waals surface area (Å²) >= 11 is 0. The number of aryl methyl sites for hydroxylation is 1. The number of amides is 2. The molecule has 2 amide bonds. The number of nitrogens with one attached hydrogen (secondary N) is 2. The van der Waals surface area contributed by atoms with Gasteiger partial charge in [0, 0.05) is 63.8 Å². The smallest absolute Gasteiger partial charge is 0.410 e. The molecule has 1 saturated heterocycles. The van der Waals surface area contributed by atoms with Crippen LogP contribution >= 0.6 is 0 Å². The summed E-state index contributed by atoms with van der Waals surface area (Å²) in [5.74, 6) is 1.49. The van der Waals surface area contributed by atoms with Gasteiger partial charge in [0.25, 0.3) is 0 Å². The van der Waals surface area contributed by atoms with Crippen molar-refractivity contribution in [2.24, 2.45) is 0 Å². The van der Waals surface area contributed by atoms with Crippen molar-refractivity contribution in [2.45, 2.75) is 117 Å². The molecule has 1 aliphatic heterocycles. The number of hydrogen-bond donors (Lipinski definition) is 2. The quantitative estimate of drug-likeness (QED) is 0.222. The van der Waals surface area contributed by atoms with Crippen LogP contribution in [0.15, 0.2) is 30.5 Å². The first kappa shape index (κ1) is 38.0. The molecule has 0 radical (unpaired) electrons. The van der Waals surface area contributed by atoms with Crippen LogP contribution in [0, 0.1) is 0 Å². The van der Waals surface area contributed by atoms with Crippen molar-refractivity contribution in [1.82, 2.24) is 40.1 Å². The summed E-state index contributed by atoms with van der Waals surface area (Å²) < 4.78 is 13.3. The fourth-order valence-corrected chi connectivity index (χ4v) is 6.57. The number of anilines is 2. The Hall–Kier alpha value is -4.20. The van der Waals surface area contributed by atoms with Crippen molar-refractivity contribution in [3.8, 4) is 0 Å². The van der Waals surface area contributed by atoms with E-state index in [4.69, 9.17) is 19.4 Å². The van der Waals surface area contributed by atoms with Crippen LogP contribution in [-0.4, -0.2) is 110 Å². The van der Waals surface area contributed by atoms with Crippen molar-refractivity contribution in [1.29, 1.82) is 0 Å². The summed E-state index contributed by atoms with van der Waals surface area (Å²) in [7, 11) is 0. The molecular weight excluding hydrogens is 648 g/mol. The molecule has 14 heteroatoms. The molecule has 3 aromatic rings. The maximum absolute atomic E-state index is 13.3. The third kappa shape index (κ3) is 11.7. The Labute approximate surface area is 302 Å². The second-order valence-corrected chi connectivity index (χ2v) is 15.6. The molecule has 2 fully saturated rings. The first-order valence-electron chi connectivity index (χ1n) is 18.7. The van der Waals surface area contributed by atoms with Crippen LogP contribution in [0.3, 0.4) is 0 Å². The summed E-state index contributed by atoms with van der Waals surface area (Å²) in [6, 6.07) is 8.27. The Balaban J connectivity index is 1.16. The molecule has 14 nitrogen and oxygen atoms in total. The fraction of sp³-hybridized carbons (Fsp3) is 0.676. The first-order valence-corrected chi connectivity index (χ1v) is 18.7. The summed E-state index contributed by atoms with van der Waals surface area (Å²) in [5.41, 5.74) is 0.481. The molecule has 0 unspecified atom stereocenters. The number of hydrogen-bond acceptors (Lipinski definition) is 11. The second kappa shape index (κ2) is 17.3. The van der Waals surface area contributed by atoms with E-state index in [1.165, 1.54) is 6.42 Å². The zero-order valence-corrected chi connectivity index (χ0v) is 31.5. The fourth-order valence-electron chi connectivity index (χ4n) is 6.57. The summed E-state index contributed by atoms with van der Waals surface area (Å²) in [5, 5.41) is 16.5. The van der Waals surface area contributed by atoms with Gasteiger partial charge in [0.15, 0.2) is 0 Å². The monoisotopic (exact) mass is 706 g/mol. The lowest BCUT2D eigenvalue weighted by Crippen LogP contribution is -2.46. The van der Waals surface area contributed by atoms with Gasteiger partial charge in [-0.05, 0) is 79.4 Å². The highest BCUT2D eigenvalue weighted by molar-refractivity contribution is 5.90. The van der Waals surface area contributed by atoms with Crippen LogP contribution in [-0.2, 0) is 22.6 Å². The molecule has 1 aromatic carbocycles. The highest BCUT2D eigenvalue weighted by atomic mass is 16.6. The Morgan fingerprint density at radius 1 is 0.902 bits per heavy atom. The Kier molecular flexibility index (Phi) is 12.9. The van der Waals surface area contributed by atoms with E-state index in [2.05, 4.69) is 31.9 Å². The van der Waals surface area contributed by atoms with Crippen LogP contribution < -0.4 is 15.5 Å². The van der Waals surface area contributed by atoms with Gasteiger partial charge >= 0.3 is 12.2 Å². The molecule has 0 atom stereocenters. The van der Waals surface area contributed by atoms with Crippen molar-refractivity contribution >= 4 is 34.9 Å². The highest BCUT2D eigenvalue weighted by Crippen LogP contribution is 2.27. The standard InChI is InChI=1S/C37H58N10O4/c1-36(2,3)50-34(48)45(21-13-23-47(29-14-8-7-9-15-29)35(49)51-37(4,5)6)20-12-22-46-27-28(42-43-46)26-39-33-40-31-17-11-10-16-30(31)32(41-33)44-24-18-38-19-25-44/h10-11,16-17,27,29,38H,7-9,12-15,18-26H2,1-6H3,(H,39,40,41). The van der Waals surface area contributed by atoms with E-state index in [-0.39, 0.29) is 18.2 Å². The van der Waals surface area contributed by atoms with Gasteiger partial charge in [0.05, 0.1) is 18.3 Å². The molecule has 3 heterocycles. The number of piperazine rings is 1. The van der Waals surface area contributed by atoms with Crippen LogP contribution in [0.4, 0.5) is 21.4 Å². The summed E-state index contributed by atoms with van der Waals surface area (Å²) in [4.78, 5) is 42.1. The number of aromatic nitrogens is 5. The zero-order chi connectivity index (χ0) is 36.4. The van der Waals surface area contributed by atoms with Gasteiger partial charge in [-0.3, -0.25) is 4.68 Å². The molecule has 0 spiro atoms. The average Bonchev–Trinajstić information content (AvgIpc) is 3.54. The van der Waals surface area contributed by atoms with E-state index in [1.807, 2.05) is 70.8 Å². The van der Waals surface area contributed by atoms with Crippen molar-refractivity contribution in [2.75, 3.05) is 56.0 Å². The van der Waals surface area contributed by atoms with E-state index < -0.39 is 11.2 Å². The molecule has 1 aliphatic carbocycles. The maximum atomic E-state index is 13.3. The molecule has 280 valence electrons. The van der Waals surface area contributed by atoms with Crippen LogP contribution in [0.25, 0.3) is 10.9 Å². The lowest BCUT2D eigenvalue weighted by Gasteiger charge is -2.36. The van der Waals surface area contributed by atoms with Crippen LogP contribution in [0.1, 0.15) is 92.2 Å². The molecule has 51 heavy (non-hydrogen) atoms. The first-order chi connectivity index (χ1) is 24.3. The number of carbonyl (C=O) groups excluding carboxylic acids is 2. The lowest BCUT2D eigenvalue weighted by atomic mass is 9.94. The van der Waals surface area contributed by atoms with E-state index >= 15 is 0 Å². The third-order valence-corrected chi connectivity index (χ3v) is 8.95. The highest BCUT2D eigenvalue weighted by Gasteiger charge is 2.30. The second-order valence-electron chi connectivity index (χ2n) is 15.6. The summed E-state index contributed by atoms with van der Waals surface area (Å²) in [6.07, 6.45) is 7.96. The predicted molar refractivity (Wildman–Crippen MR) is 199 cm³/mol. The third-order valence-electron chi connectivity index (χ3n) is 8.95. The topological polar surface area (TPSA) is 143 Å². The van der Waals surface area contributed by atoms with E-state index in [9.17, 15) is 9.59 Å². The number of carbonyl (C=O) groups is 2. The van der Waals surface area contributed by atoms with Crippen LogP contribution in [0.2, 0.25) is 0 Å². The molecule has 2 N–H and O–H groups in total. The minimum atomic E-state index is -0.617. The van der Waals surface area contributed by atoms with Crippen molar-refractivity contribution in [3.63, 3.8) is 0 Å². The minimum absolute atomic E-state index is 0.168.